The van der Waals surface area contributed by atoms with Crippen LogP contribution in [0.3, 0.4) is 0 Å². The third-order valence-corrected chi connectivity index (χ3v) is 12.3. The largest absolute Gasteiger partial charge is 0.417 e. The van der Waals surface area contributed by atoms with Crippen molar-refractivity contribution in [3.05, 3.63) is 211 Å². The molecule has 298 valence electrons. The Kier molecular flexibility index (Phi) is 8.72. The zero-order valence-corrected chi connectivity index (χ0v) is 34.0. The molecule has 0 amide bonds. The molecule has 0 spiro atoms. The Morgan fingerprint density at radius 3 is 1.39 bits per heavy atom. The van der Waals surface area contributed by atoms with E-state index in [2.05, 4.69) is 91.2 Å². The van der Waals surface area contributed by atoms with Crippen LogP contribution in [0, 0.1) is 13.8 Å². The van der Waals surface area contributed by atoms with E-state index in [-0.39, 0.29) is 11.3 Å². The SMILES string of the molecule is Cc1ccccc1-c1ccc2c3ccccc3n(-c3cc(-c4cccc(-c5ccccc5)n4)c(C(F)(F)F)cc3-n3c4ccccc4c4ccc(-c5ccccc5C)cc43)c2c1. The van der Waals surface area contributed by atoms with Crippen LogP contribution in [0.25, 0.3) is 99.8 Å². The van der Waals surface area contributed by atoms with Gasteiger partial charge in [0.1, 0.15) is 0 Å². The van der Waals surface area contributed by atoms with Gasteiger partial charge in [-0.2, -0.15) is 13.2 Å². The fourth-order valence-electron chi connectivity index (χ4n) is 9.32. The monoisotopic (exact) mass is 809 g/mol. The Bertz CT molecular complexity index is 3540. The number of para-hydroxylation sites is 2. The Morgan fingerprint density at radius 1 is 0.371 bits per heavy atom. The van der Waals surface area contributed by atoms with Gasteiger partial charge in [-0.3, -0.25) is 0 Å². The lowest BCUT2D eigenvalue weighted by Crippen LogP contribution is -2.12. The molecule has 0 aliphatic carbocycles. The molecule has 11 rings (SSSR count). The van der Waals surface area contributed by atoms with Gasteiger partial charge in [0, 0.05) is 32.7 Å². The maximum Gasteiger partial charge on any atom is 0.417 e. The van der Waals surface area contributed by atoms with Crippen LogP contribution in [-0.2, 0) is 6.18 Å². The van der Waals surface area contributed by atoms with E-state index in [1.807, 2.05) is 102 Å². The van der Waals surface area contributed by atoms with Gasteiger partial charge in [0.2, 0.25) is 0 Å². The summed E-state index contributed by atoms with van der Waals surface area (Å²) in [6.45, 7) is 4.18. The molecule has 0 unspecified atom stereocenters. The molecule has 0 aliphatic rings. The van der Waals surface area contributed by atoms with Crippen LogP contribution in [0.4, 0.5) is 13.2 Å². The van der Waals surface area contributed by atoms with Crippen molar-refractivity contribution in [2.75, 3.05) is 0 Å². The Balaban J connectivity index is 1.30. The summed E-state index contributed by atoms with van der Waals surface area (Å²) in [4.78, 5) is 4.93. The molecule has 3 nitrogen and oxygen atoms in total. The lowest BCUT2D eigenvalue weighted by atomic mass is 9.98. The van der Waals surface area contributed by atoms with Gasteiger partial charge in [-0.15, -0.1) is 0 Å². The number of rotatable bonds is 6. The molecule has 11 aromatic rings. The number of fused-ring (bicyclic) bond motifs is 6. The summed E-state index contributed by atoms with van der Waals surface area (Å²) >= 11 is 0. The molecule has 3 aromatic heterocycles. The average Bonchev–Trinajstić information content (AvgIpc) is 3.81. The van der Waals surface area contributed by atoms with E-state index in [0.717, 1.165) is 82.6 Å². The Labute approximate surface area is 356 Å². The number of alkyl halides is 3. The number of benzene rings is 8. The van der Waals surface area contributed by atoms with Gasteiger partial charge in [0.05, 0.1) is 50.4 Å². The van der Waals surface area contributed by atoms with Crippen LogP contribution in [-0.4, -0.2) is 14.1 Å². The maximum atomic E-state index is 16.0. The van der Waals surface area contributed by atoms with Crippen molar-refractivity contribution in [2.45, 2.75) is 20.0 Å². The number of nitrogens with zero attached hydrogens (tertiary/aromatic N) is 3. The smallest absolute Gasteiger partial charge is 0.307 e. The molecule has 0 N–H and O–H groups in total. The van der Waals surface area contributed by atoms with Crippen molar-refractivity contribution in [2.24, 2.45) is 0 Å². The summed E-state index contributed by atoms with van der Waals surface area (Å²) in [5.74, 6) is 0. The molecule has 0 atom stereocenters. The summed E-state index contributed by atoms with van der Waals surface area (Å²) in [6.07, 6.45) is -4.73. The van der Waals surface area contributed by atoms with Crippen LogP contribution >= 0.6 is 0 Å². The number of aryl methyl sites for hydroxylation is 2. The second kappa shape index (κ2) is 14.5. The highest BCUT2D eigenvalue weighted by Crippen LogP contribution is 2.46. The van der Waals surface area contributed by atoms with E-state index in [1.54, 1.807) is 18.2 Å². The number of pyridine rings is 1. The number of hydrogen-bond donors (Lipinski definition) is 0. The summed E-state index contributed by atoms with van der Waals surface area (Å²) in [5, 5.41) is 3.89. The summed E-state index contributed by atoms with van der Waals surface area (Å²) in [6, 6.07) is 63.3. The molecule has 0 bridgehead atoms. The molecule has 0 saturated carbocycles. The fourth-order valence-corrected chi connectivity index (χ4v) is 9.32. The third kappa shape index (κ3) is 6.09. The summed E-state index contributed by atoms with van der Waals surface area (Å²) < 4.78 is 52.0. The van der Waals surface area contributed by atoms with Crippen molar-refractivity contribution in [1.29, 1.82) is 0 Å². The van der Waals surface area contributed by atoms with Crippen LogP contribution in [0.1, 0.15) is 16.7 Å². The summed E-state index contributed by atoms with van der Waals surface area (Å²) in [5.41, 5.74) is 11.6. The van der Waals surface area contributed by atoms with Crippen LogP contribution in [0.15, 0.2) is 194 Å². The number of aromatic nitrogens is 3. The lowest BCUT2D eigenvalue weighted by Gasteiger charge is -2.22. The van der Waals surface area contributed by atoms with Gasteiger partial charge in [0.25, 0.3) is 0 Å². The molecule has 8 aromatic carbocycles. The van der Waals surface area contributed by atoms with E-state index in [9.17, 15) is 0 Å². The predicted octanol–water partition coefficient (Wildman–Crippen LogP) is 15.6. The Morgan fingerprint density at radius 2 is 0.839 bits per heavy atom. The van der Waals surface area contributed by atoms with Crippen molar-refractivity contribution in [3.63, 3.8) is 0 Å². The van der Waals surface area contributed by atoms with Gasteiger partial charge in [-0.1, -0.05) is 146 Å². The minimum atomic E-state index is -4.73. The predicted molar refractivity (Wildman–Crippen MR) is 249 cm³/mol. The van der Waals surface area contributed by atoms with Gasteiger partial charge in [0.15, 0.2) is 0 Å². The zero-order chi connectivity index (χ0) is 42.1. The van der Waals surface area contributed by atoms with E-state index in [0.29, 0.717) is 17.1 Å². The van der Waals surface area contributed by atoms with Crippen LogP contribution in [0.5, 0.6) is 0 Å². The first-order valence-electron chi connectivity index (χ1n) is 20.7. The van der Waals surface area contributed by atoms with Gasteiger partial charge < -0.3 is 9.13 Å². The minimum absolute atomic E-state index is 0.00335. The van der Waals surface area contributed by atoms with Crippen molar-refractivity contribution < 1.29 is 13.2 Å². The number of hydrogen-bond acceptors (Lipinski definition) is 1. The van der Waals surface area contributed by atoms with Gasteiger partial charge >= 0.3 is 6.18 Å². The molecule has 3 heterocycles. The summed E-state index contributed by atoms with van der Waals surface area (Å²) in [7, 11) is 0. The van der Waals surface area contributed by atoms with E-state index >= 15 is 13.2 Å². The minimum Gasteiger partial charge on any atom is -0.307 e. The van der Waals surface area contributed by atoms with Crippen molar-refractivity contribution >= 4 is 43.6 Å². The number of halogens is 3. The van der Waals surface area contributed by atoms with Crippen LogP contribution in [0.2, 0.25) is 0 Å². The van der Waals surface area contributed by atoms with Crippen LogP contribution < -0.4 is 0 Å². The molecule has 0 radical (unpaired) electrons. The Hall–Kier alpha value is -7.70. The van der Waals surface area contributed by atoms with E-state index in [4.69, 9.17) is 4.98 Å². The first-order chi connectivity index (χ1) is 30.2. The van der Waals surface area contributed by atoms with E-state index < -0.39 is 11.7 Å². The van der Waals surface area contributed by atoms with Gasteiger partial charge in [-0.05, 0) is 95.8 Å². The van der Waals surface area contributed by atoms with Crippen molar-refractivity contribution in [1.82, 2.24) is 14.1 Å². The normalized spacial score (nSPS) is 12.0. The molecule has 0 aliphatic heterocycles. The second-order valence-electron chi connectivity index (χ2n) is 16.0. The first-order valence-corrected chi connectivity index (χ1v) is 20.7. The first kappa shape index (κ1) is 37.3. The third-order valence-electron chi connectivity index (χ3n) is 12.3. The molecular weight excluding hydrogens is 772 g/mol. The average molecular weight is 810 g/mol. The molecule has 0 saturated heterocycles. The van der Waals surface area contributed by atoms with E-state index in [1.165, 1.54) is 6.07 Å². The highest BCUT2D eigenvalue weighted by molar-refractivity contribution is 6.13. The highest BCUT2D eigenvalue weighted by atomic mass is 19.4. The maximum absolute atomic E-state index is 16.0. The molecule has 62 heavy (non-hydrogen) atoms. The highest BCUT2D eigenvalue weighted by Gasteiger charge is 2.36. The zero-order valence-electron chi connectivity index (χ0n) is 34.0. The molecule has 0 fully saturated rings. The van der Waals surface area contributed by atoms with Gasteiger partial charge in [-0.25, -0.2) is 4.98 Å². The topological polar surface area (TPSA) is 22.8 Å². The molecular formula is C56H38F3N3. The fraction of sp³-hybridized carbons (Fsp3) is 0.0536. The van der Waals surface area contributed by atoms with Crippen molar-refractivity contribution in [3.8, 4) is 56.1 Å². The second-order valence-corrected chi connectivity index (χ2v) is 16.0. The lowest BCUT2D eigenvalue weighted by molar-refractivity contribution is -0.137. The molecule has 6 heteroatoms. The standard InChI is InChI=1S/C56H38F3N3/c1-35-15-6-8-19-40(35)38-27-29-44-42-21-10-12-25-50(42)61(52(44)31-38)54-33-46(49-24-14-23-48(60-49)37-17-4-3-5-18-37)47(56(57,58)59)34-55(54)62-51-26-13-11-22-43(51)45-30-28-39(32-53(45)62)41-20-9-7-16-36(41)2/h3-34H,1-2H3. The quantitative estimate of drug-likeness (QED) is 0.164.